The van der Waals surface area contributed by atoms with E-state index >= 15 is 0 Å². The molecule has 1 aromatic carbocycles. The van der Waals surface area contributed by atoms with Gasteiger partial charge >= 0.3 is 0 Å². The van der Waals surface area contributed by atoms with Crippen LogP contribution in [-0.4, -0.2) is 28.2 Å². The van der Waals surface area contributed by atoms with Crippen molar-refractivity contribution in [1.29, 1.82) is 0 Å². The highest BCUT2D eigenvalue weighted by Crippen LogP contribution is 2.18. The van der Waals surface area contributed by atoms with Gasteiger partial charge < -0.3 is 4.74 Å². The minimum atomic E-state index is -3.40. The maximum Gasteiger partial charge on any atom is 0.240 e. The number of hydrogen-bond donors (Lipinski definition) is 1. The SMILES string of the molecule is Cc1ccc(C)c(S(=O)(=O)NCC2CCOCC2)c1. The van der Waals surface area contributed by atoms with E-state index in [1.165, 1.54) is 0 Å². The van der Waals surface area contributed by atoms with E-state index in [4.69, 9.17) is 4.74 Å². The number of ether oxygens (including phenoxy) is 1. The van der Waals surface area contributed by atoms with E-state index in [9.17, 15) is 8.42 Å². The summed E-state index contributed by atoms with van der Waals surface area (Å²) in [5, 5.41) is 0. The Morgan fingerprint density at radius 3 is 2.63 bits per heavy atom. The van der Waals surface area contributed by atoms with Crippen LogP contribution in [0.15, 0.2) is 23.1 Å². The quantitative estimate of drug-likeness (QED) is 0.919. The number of sulfonamides is 1. The van der Waals surface area contributed by atoms with Gasteiger partial charge in [-0.15, -0.1) is 0 Å². The fourth-order valence-electron chi connectivity index (χ4n) is 2.25. The molecule has 106 valence electrons. The van der Waals surface area contributed by atoms with Crippen molar-refractivity contribution in [3.8, 4) is 0 Å². The van der Waals surface area contributed by atoms with Gasteiger partial charge in [-0.3, -0.25) is 0 Å². The third-order valence-corrected chi connectivity index (χ3v) is 5.10. The summed E-state index contributed by atoms with van der Waals surface area (Å²) < 4.78 is 32.6. The number of benzene rings is 1. The van der Waals surface area contributed by atoms with Gasteiger partial charge in [-0.2, -0.15) is 0 Å². The lowest BCUT2D eigenvalue weighted by Crippen LogP contribution is -2.32. The van der Waals surface area contributed by atoms with Crippen molar-refractivity contribution in [3.05, 3.63) is 29.3 Å². The maximum absolute atomic E-state index is 12.3. The van der Waals surface area contributed by atoms with Crippen molar-refractivity contribution in [2.75, 3.05) is 19.8 Å². The summed E-state index contributed by atoms with van der Waals surface area (Å²) in [7, 11) is -3.40. The first-order valence-electron chi connectivity index (χ1n) is 6.64. The van der Waals surface area contributed by atoms with Gasteiger partial charge in [0.25, 0.3) is 0 Å². The Hall–Kier alpha value is -0.910. The van der Waals surface area contributed by atoms with Gasteiger partial charge in [-0.1, -0.05) is 12.1 Å². The van der Waals surface area contributed by atoms with Crippen LogP contribution >= 0.6 is 0 Å². The van der Waals surface area contributed by atoms with Crippen LogP contribution in [-0.2, 0) is 14.8 Å². The van der Waals surface area contributed by atoms with Crippen LogP contribution in [0.4, 0.5) is 0 Å². The van der Waals surface area contributed by atoms with Crippen molar-refractivity contribution in [2.24, 2.45) is 5.92 Å². The van der Waals surface area contributed by atoms with Crippen LogP contribution in [0.5, 0.6) is 0 Å². The van der Waals surface area contributed by atoms with Crippen molar-refractivity contribution in [1.82, 2.24) is 4.72 Å². The first-order valence-corrected chi connectivity index (χ1v) is 8.12. The molecule has 1 aliphatic heterocycles. The summed E-state index contributed by atoms with van der Waals surface area (Å²) in [6, 6.07) is 5.49. The maximum atomic E-state index is 12.3. The van der Waals surface area contributed by atoms with Crippen LogP contribution in [0.2, 0.25) is 0 Å². The highest BCUT2D eigenvalue weighted by molar-refractivity contribution is 7.89. The predicted octanol–water partition coefficient (Wildman–Crippen LogP) is 2.01. The number of aryl methyl sites for hydroxylation is 2. The standard InChI is InChI=1S/C14H21NO3S/c1-11-3-4-12(2)14(9-11)19(16,17)15-10-13-5-7-18-8-6-13/h3-4,9,13,15H,5-8,10H2,1-2H3. The molecule has 1 heterocycles. The van der Waals surface area contributed by atoms with Crippen LogP contribution in [0, 0.1) is 19.8 Å². The largest absolute Gasteiger partial charge is 0.381 e. The average molecular weight is 283 g/mol. The zero-order chi connectivity index (χ0) is 13.9. The van der Waals surface area contributed by atoms with Gasteiger partial charge in [-0.25, -0.2) is 13.1 Å². The molecule has 2 rings (SSSR count). The summed E-state index contributed by atoms with van der Waals surface area (Å²) in [6.45, 7) is 5.68. The molecule has 1 fully saturated rings. The Kier molecular flexibility index (Phi) is 4.60. The Bertz CT molecular complexity index is 534. The lowest BCUT2D eigenvalue weighted by Gasteiger charge is -2.22. The molecule has 0 radical (unpaired) electrons. The molecular formula is C14H21NO3S. The van der Waals surface area contributed by atoms with Crippen molar-refractivity contribution >= 4 is 10.0 Å². The predicted molar refractivity (Wildman–Crippen MR) is 74.6 cm³/mol. The molecule has 4 nitrogen and oxygen atoms in total. The van der Waals surface area contributed by atoms with E-state index < -0.39 is 10.0 Å². The second-order valence-corrected chi connectivity index (χ2v) is 6.91. The normalized spacial score (nSPS) is 17.6. The van der Waals surface area contributed by atoms with Gasteiger partial charge in [0.1, 0.15) is 0 Å². The van der Waals surface area contributed by atoms with Crippen LogP contribution in [0.1, 0.15) is 24.0 Å². The molecule has 5 heteroatoms. The Morgan fingerprint density at radius 2 is 1.95 bits per heavy atom. The van der Waals surface area contributed by atoms with E-state index in [1.54, 1.807) is 6.07 Å². The monoisotopic (exact) mass is 283 g/mol. The van der Waals surface area contributed by atoms with Crippen LogP contribution in [0.25, 0.3) is 0 Å². The zero-order valence-electron chi connectivity index (χ0n) is 11.5. The van der Waals surface area contributed by atoms with Gasteiger partial charge in [0.2, 0.25) is 10.0 Å². The lowest BCUT2D eigenvalue weighted by molar-refractivity contribution is 0.0678. The molecule has 0 aromatic heterocycles. The fourth-order valence-corrected chi connectivity index (χ4v) is 3.70. The molecule has 1 aliphatic rings. The summed E-state index contributed by atoms with van der Waals surface area (Å²) in [4.78, 5) is 0.388. The second-order valence-electron chi connectivity index (χ2n) is 5.18. The van der Waals surface area contributed by atoms with Gasteiger partial charge in [-0.05, 0) is 49.8 Å². The number of rotatable bonds is 4. The topological polar surface area (TPSA) is 55.4 Å². The molecule has 0 spiro atoms. The molecule has 1 aromatic rings. The van der Waals surface area contributed by atoms with Crippen LogP contribution < -0.4 is 4.72 Å². The highest BCUT2D eigenvalue weighted by atomic mass is 32.2. The third kappa shape index (κ3) is 3.78. The van der Waals surface area contributed by atoms with E-state index in [2.05, 4.69) is 4.72 Å². The number of hydrogen-bond acceptors (Lipinski definition) is 3. The van der Waals surface area contributed by atoms with Crippen LogP contribution in [0.3, 0.4) is 0 Å². The molecule has 1 N–H and O–H groups in total. The average Bonchev–Trinajstić information content (AvgIpc) is 2.40. The van der Waals surface area contributed by atoms with Crippen molar-refractivity contribution in [3.63, 3.8) is 0 Å². The van der Waals surface area contributed by atoms with Crippen molar-refractivity contribution in [2.45, 2.75) is 31.6 Å². The third-order valence-electron chi connectivity index (χ3n) is 3.54. The highest BCUT2D eigenvalue weighted by Gasteiger charge is 2.20. The Balaban J connectivity index is 2.07. The lowest BCUT2D eigenvalue weighted by atomic mass is 10.0. The van der Waals surface area contributed by atoms with Crippen molar-refractivity contribution < 1.29 is 13.2 Å². The first kappa shape index (κ1) is 14.5. The zero-order valence-corrected chi connectivity index (χ0v) is 12.3. The molecule has 19 heavy (non-hydrogen) atoms. The Morgan fingerprint density at radius 1 is 1.26 bits per heavy atom. The second kappa shape index (κ2) is 6.03. The van der Waals surface area contributed by atoms with Gasteiger partial charge in [0.05, 0.1) is 4.90 Å². The fraction of sp³-hybridized carbons (Fsp3) is 0.571. The minimum absolute atomic E-state index is 0.383. The molecule has 0 atom stereocenters. The van der Waals surface area contributed by atoms with E-state index in [0.29, 0.717) is 17.4 Å². The Labute approximate surface area is 115 Å². The van der Waals surface area contributed by atoms with Gasteiger partial charge in [0.15, 0.2) is 0 Å². The molecule has 0 bridgehead atoms. The van der Waals surface area contributed by atoms with E-state index in [1.807, 2.05) is 26.0 Å². The molecule has 1 saturated heterocycles. The molecular weight excluding hydrogens is 262 g/mol. The molecule has 0 amide bonds. The minimum Gasteiger partial charge on any atom is -0.381 e. The smallest absolute Gasteiger partial charge is 0.240 e. The van der Waals surface area contributed by atoms with E-state index in [0.717, 1.165) is 37.2 Å². The summed E-state index contributed by atoms with van der Waals surface area (Å²) in [5.41, 5.74) is 1.74. The first-order chi connectivity index (χ1) is 8.99. The van der Waals surface area contributed by atoms with Gasteiger partial charge in [0, 0.05) is 19.8 Å². The van der Waals surface area contributed by atoms with E-state index in [-0.39, 0.29) is 0 Å². The summed E-state index contributed by atoms with van der Waals surface area (Å²) in [6.07, 6.45) is 1.85. The molecule has 0 saturated carbocycles. The molecule has 0 unspecified atom stereocenters. The summed E-state index contributed by atoms with van der Waals surface area (Å²) in [5.74, 6) is 0.383. The molecule has 0 aliphatic carbocycles. The summed E-state index contributed by atoms with van der Waals surface area (Å²) >= 11 is 0. The number of nitrogens with one attached hydrogen (secondary N) is 1.